The highest BCUT2D eigenvalue weighted by Crippen LogP contribution is 2.38. The van der Waals surface area contributed by atoms with Crippen LogP contribution >= 0.6 is 0 Å². The summed E-state index contributed by atoms with van der Waals surface area (Å²) in [7, 11) is 0. The van der Waals surface area contributed by atoms with Crippen LogP contribution in [0.1, 0.15) is 12.8 Å². The van der Waals surface area contributed by atoms with Crippen LogP contribution in [0.2, 0.25) is 0 Å². The predicted molar refractivity (Wildman–Crippen MR) is 47.0 cm³/mol. The van der Waals surface area contributed by atoms with Gasteiger partial charge in [-0.25, -0.2) is 4.39 Å². The van der Waals surface area contributed by atoms with Gasteiger partial charge in [-0.2, -0.15) is 0 Å². The van der Waals surface area contributed by atoms with Crippen molar-refractivity contribution in [1.82, 2.24) is 10.2 Å². The Kier molecular flexibility index (Phi) is 2.33. The molecule has 3 heteroatoms. The fraction of sp³-hybridized carbons (Fsp3) is 1.00. The van der Waals surface area contributed by atoms with Crippen molar-refractivity contribution in [2.75, 3.05) is 39.4 Å². The topological polar surface area (TPSA) is 15.3 Å². The van der Waals surface area contributed by atoms with Gasteiger partial charge in [0, 0.05) is 19.6 Å². The number of halogens is 1. The SMILES string of the molecule is FCCN1CC2(CCNCC2)C1. The zero-order chi connectivity index (χ0) is 8.44. The van der Waals surface area contributed by atoms with Crippen LogP contribution in [0.5, 0.6) is 0 Å². The van der Waals surface area contributed by atoms with Gasteiger partial charge in [-0.15, -0.1) is 0 Å². The van der Waals surface area contributed by atoms with Gasteiger partial charge in [-0.05, 0) is 31.3 Å². The van der Waals surface area contributed by atoms with Crippen LogP contribution < -0.4 is 5.32 Å². The lowest BCUT2D eigenvalue weighted by Gasteiger charge is -2.52. The first-order valence-electron chi connectivity index (χ1n) is 4.84. The van der Waals surface area contributed by atoms with E-state index in [9.17, 15) is 4.39 Å². The van der Waals surface area contributed by atoms with Crippen molar-refractivity contribution in [1.29, 1.82) is 0 Å². The molecular formula is C9H17FN2. The van der Waals surface area contributed by atoms with E-state index in [0.29, 0.717) is 12.0 Å². The van der Waals surface area contributed by atoms with Gasteiger partial charge in [0.25, 0.3) is 0 Å². The molecule has 2 aliphatic rings. The maximum Gasteiger partial charge on any atom is 0.102 e. The Morgan fingerprint density at radius 3 is 2.50 bits per heavy atom. The second-order valence-electron chi connectivity index (χ2n) is 4.15. The maximum absolute atomic E-state index is 12.0. The molecule has 2 rings (SSSR count). The molecule has 12 heavy (non-hydrogen) atoms. The summed E-state index contributed by atoms with van der Waals surface area (Å²) < 4.78 is 12.0. The molecule has 0 aromatic rings. The van der Waals surface area contributed by atoms with Gasteiger partial charge in [0.05, 0.1) is 0 Å². The fourth-order valence-electron chi connectivity index (χ4n) is 2.45. The summed E-state index contributed by atoms with van der Waals surface area (Å²) in [5, 5.41) is 3.36. The highest BCUT2D eigenvalue weighted by Gasteiger charge is 2.42. The summed E-state index contributed by atoms with van der Waals surface area (Å²) in [4.78, 5) is 2.23. The molecule has 0 radical (unpaired) electrons. The molecule has 0 atom stereocenters. The lowest BCUT2D eigenvalue weighted by molar-refractivity contribution is -0.0251. The van der Waals surface area contributed by atoms with Crippen LogP contribution in [0, 0.1) is 5.41 Å². The largest absolute Gasteiger partial charge is 0.317 e. The number of piperidine rings is 1. The molecule has 1 N–H and O–H groups in total. The van der Waals surface area contributed by atoms with Gasteiger partial charge in [0.1, 0.15) is 6.67 Å². The summed E-state index contributed by atoms with van der Waals surface area (Å²) in [6.07, 6.45) is 2.57. The summed E-state index contributed by atoms with van der Waals surface area (Å²) in [6, 6.07) is 0. The van der Waals surface area contributed by atoms with Crippen molar-refractivity contribution in [2.45, 2.75) is 12.8 Å². The van der Waals surface area contributed by atoms with Crippen LogP contribution in [-0.4, -0.2) is 44.3 Å². The number of rotatable bonds is 2. The first-order valence-corrected chi connectivity index (χ1v) is 4.84. The van der Waals surface area contributed by atoms with Crippen LogP contribution in [-0.2, 0) is 0 Å². The number of nitrogens with one attached hydrogen (secondary N) is 1. The summed E-state index contributed by atoms with van der Waals surface area (Å²) in [6.45, 7) is 5.05. The molecule has 0 aliphatic carbocycles. The molecule has 2 fully saturated rings. The van der Waals surface area contributed by atoms with E-state index < -0.39 is 0 Å². The lowest BCUT2D eigenvalue weighted by Crippen LogP contribution is -2.60. The van der Waals surface area contributed by atoms with E-state index in [1.54, 1.807) is 0 Å². The normalized spacial score (nSPS) is 28.8. The van der Waals surface area contributed by atoms with Gasteiger partial charge in [0.2, 0.25) is 0 Å². The van der Waals surface area contributed by atoms with Gasteiger partial charge < -0.3 is 5.32 Å². The molecule has 2 heterocycles. The van der Waals surface area contributed by atoms with Crippen molar-refractivity contribution in [2.24, 2.45) is 5.41 Å². The van der Waals surface area contributed by atoms with Crippen molar-refractivity contribution in [3.8, 4) is 0 Å². The summed E-state index contributed by atoms with van der Waals surface area (Å²) in [5.74, 6) is 0. The van der Waals surface area contributed by atoms with E-state index in [-0.39, 0.29) is 6.67 Å². The highest BCUT2D eigenvalue weighted by atomic mass is 19.1. The van der Waals surface area contributed by atoms with E-state index in [4.69, 9.17) is 0 Å². The Bertz CT molecular complexity index is 147. The van der Waals surface area contributed by atoms with Crippen molar-refractivity contribution in [3.05, 3.63) is 0 Å². The number of hydrogen-bond donors (Lipinski definition) is 1. The van der Waals surface area contributed by atoms with Crippen molar-refractivity contribution >= 4 is 0 Å². The smallest absolute Gasteiger partial charge is 0.102 e. The van der Waals surface area contributed by atoms with E-state index in [2.05, 4.69) is 10.2 Å². The third-order valence-electron chi connectivity index (χ3n) is 3.18. The van der Waals surface area contributed by atoms with Crippen LogP contribution in [0.25, 0.3) is 0 Å². The monoisotopic (exact) mass is 172 g/mol. The standard InChI is InChI=1S/C9H17FN2/c10-3-6-12-7-9(8-12)1-4-11-5-2-9/h11H,1-8H2. The molecule has 2 aliphatic heterocycles. The predicted octanol–water partition coefficient (Wildman–Crippen LogP) is 0.641. The van der Waals surface area contributed by atoms with Gasteiger partial charge in [0.15, 0.2) is 0 Å². The zero-order valence-corrected chi connectivity index (χ0v) is 7.48. The average Bonchev–Trinajstić information content (AvgIpc) is 2.04. The molecule has 2 nitrogen and oxygen atoms in total. The molecule has 1 spiro atoms. The second kappa shape index (κ2) is 3.30. The van der Waals surface area contributed by atoms with Crippen molar-refractivity contribution in [3.63, 3.8) is 0 Å². The van der Waals surface area contributed by atoms with Crippen LogP contribution in [0.15, 0.2) is 0 Å². The van der Waals surface area contributed by atoms with Gasteiger partial charge in [-0.3, -0.25) is 4.90 Å². The molecular weight excluding hydrogens is 155 g/mol. The Balaban J connectivity index is 1.77. The molecule has 0 aromatic carbocycles. The third kappa shape index (κ3) is 1.48. The number of alkyl halides is 1. The van der Waals surface area contributed by atoms with E-state index in [0.717, 1.165) is 26.2 Å². The number of nitrogens with zero attached hydrogens (tertiary/aromatic N) is 1. The lowest BCUT2D eigenvalue weighted by atomic mass is 9.72. The first-order chi connectivity index (χ1) is 5.85. The highest BCUT2D eigenvalue weighted by molar-refractivity contribution is 4.97. The Labute approximate surface area is 73.1 Å². The van der Waals surface area contributed by atoms with Gasteiger partial charge in [-0.1, -0.05) is 0 Å². The quantitative estimate of drug-likeness (QED) is 0.657. The molecule has 2 saturated heterocycles. The summed E-state index contributed by atoms with van der Waals surface area (Å²) >= 11 is 0. The molecule has 0 aromatic heterocycles. The Hall–Kier alpha value is -0.150. The van der Waals surface area contributed by atoms with Gasteiger partial charge >= 0.3 is 0 Å². The molecule has 0 amide bonds. The first kappa shape index (κ1) is 8.45. The third-order valence-corrected chi connectivity index (χ3v) is 3.18. The number of likely N-dealkylation sites (tertiary alicyclic amines) is 1. The van der Waals surface area contributed by atoms with E-state index in [1.165, 1.54) is 12.8 Å². The summed E-state index contributed by atoms with van der Waals surface area (Å²) in [5.41, 5.74) is 0.570. The minimum Gasteiger partial charge on any atom is -0.317 e. The minimum atomic E-state index is -0.186. The Morgan fingerprint density at radius 1 is 1.25 bits per heavy atom. The Morgan fingerprint density at radius 2 is 1.92 bits per heavy atom. The maximum atomic E-state index is 12.0. The fourth-order valence-corrected chi connectivity index (χ4v) is 2.45. The number of hydrogen-bond acceptors (Lipinski definition) is 2. The van der Waals surface area contributed by atoms with Crippen molar-refractivity contribution < 1.29 is 4.39 Å². The second-order valence-corrected chi connectivity index (χ2v) is 4.15. The minimum absolute atomic E-state index is 0.186. The van der Waals surface area contributed by atoms with E-state index in [1.807, 2.05) is 0 Å². The zero-order valence-electron chi connectivity index (χ0n) is 7.48. The average molecular weight is 172 g/mol. The van der Waals surface area contributed by atoms with Crippen LogP contribution in [0.3, 0.4) is 0 Å². The van der Waals surface area contributed by atoms with Crippen LogP contribution in [0.4, 0.5) is 4.39 Å². The molecule has 0 bridgehead atoms. The molecule has 0 saturated carbocycles. The molecule has 0 unspecified atom stereocenters. The van der Waals surface area contributed by atoms with E-state index >= 15 is 0 Å². The molecule has 70 valence electrons.